The maximum atomic E-state index is 2.53. The molecule has 2 fully saturated rings. The normalized spacial score (nSPS) is 24.5. The van der Waals surface area contributed by atoms with Crippen LogP contribution >= 0.6 is 0 Å². The first-order chi connectivity index (χ1) is 12.8. The van der Waals surface area contributed by atoms with E-state index in [1.165, 1.54) is 29.9 Å². The first kappa shape index (κ1) is 15.8. The summed E-state index contributed by atoms with van der Waals surface area (Å²) >= 11 is 0. The van der Waals surface area contributed by atoms with E-state index in [1.54, 1.807) is 5.57 Å². The summed E-state index contributed by atoms with van der Waals surface area (Å²) in [4.78, 5) is 7.47. The molecule has 0 aromatic heterocycles. The van der Waals surface area contributed by atoms with Gasteiger partial charge in [0, 0.05) is 56.1 Å². The number of benzene rings is 2. The van der Waals surface area contributed by atoms with E-state index >= 15 is 0 Å². The van der Waals surface area contributed by atoms with Crippen molar-refractivity contribution < 1.29 is 0 Å². The van der Waals surface area contributed by atoms with Gasteiger partial charge in [0.2, 0.25) is 0 Å². The molecule has 2 aromatic rings. The van der Waals surface area contributed by atoms with E-state index in [0.29, 0.717) is 5.41 Å². The van der Waals surface area contributed by atoms with Gasteiger partial charge in [0.1, 0.15) is 0 Å². The number of nitrogens with zero attached hydrogens (tertiary/aromatic N) is 3. The van der Waals surface area contributed by atoms with Crippen LogP contribution in [0.25, 0.3) is 0 Å². The summed E-state index contributed by atoms with van der Waals surface area (Å²) in [5.41, 5.74) is 6.20. The molecule has 3 heteroatoms. The van der Waals surface area contributed by atoms with E-state index in [9.17, 15) is 0 Å². The van der Waals surface area contributed by atoms with Crippen LogP contribution in [-0.4, -0.2) is 44.2 Å². The minimum atomic E-state index is 0.348. The molecule has 0 radical (unpaired) electrons. The third-order valence-corrected chi connectivity index (χ3v) is 6.39. The number of para-hydroxylation sites is 1. The highest BCUT2D eigenvalue weighted by molar-refractivity contribution is 5.58. The molecule has 5 rings (SSSR count). The van der Waals surface area contributed by atoms with E-state index in [2.05, 4.69) is 82.4 Å². The van der Waals surface area contributed by atoms with Gasteiger partial charge in [-0.15, -0.1) is 0 Å². The fourth-order valence-corrected chi connectivity index (χ4v) is 4.66. The summed E-state index contributed by atoms with van der Waals surface area (Å²) in [5, 5.41) is 0. The van der Waals surface area contributed by atoms with E-state index in [1.807, 2.05) is 0 Å². The van der Waals surface area contributed by atoms with Crippen molar-refractivity contribution >= 4 is 11.4 Å². The number of hydrogen-bond donors (Lipinski definition) is 0. The van der Waals surface area contributed by atoms with Crippen LogP contribution in [0, 0.1) is 0 Å². The first-order valence-electron chi connectivity index (χ1n) is 9.89. The monoisotopic (exact) mass is 345 g/mol. The average Bonchev–Trinajstić information content (AvgIpc) is 3.30. The SMILES string of the molecule is CCN1C=C2CC2(c2ccc(N3CCN(c4ccccc4)CC3)cc2)C1. The summed E-state index contributed by atoms with van der Waals surface area (Å²) in [7, 11) is 0. The number of rotatable bonds is 4. The van der Waals surface area contributed by atoms with Crippen molar-refractivity contribution in [2.75, 3.05) is 49.1 Å². The first-order valence-corrected chi connectivity index (χ1v) is 9.89. The van der Waals surface area contributed by atoms with Gasteiger partial charge in [0.25, 0.3) is 0 Å². The van der Waals surface area contributed by atoms with Crippen LogP contribution in [0.15, 0.2) is 66.4 Å². The lowest BCUT2D eigenvalue weighted by Gasteiger charge is -2.37. The number of anilines is 2. The highest BCUT2D eigenvalue weighted by Gasteiger charge is 2.54. The molecule has 3 aliphatic rings. The van der Waals surface area contributed by atoms with Crippen LogP contribution in [0.2, 0.25) is 0 Å². The van der Waals surface area contributed by atoms with Crippen LogP contribution in [0.3, 0.4) is 0 Å². The molecule has 1 saturated heterocycles. The number of likely N-dealkylation sites (N-methyl/N-ethyl adjacent to an activating group) is 1. The molecular formula is C23H27N3. The van der Waals surface area contributed by atoms with Gasteiger partial charge in [-0.05, 0) is 54.9 Å². The molecule has 26 heavy (non-hydrogen) atoms. The quantitative estimate of drug-likeness (QED) is 0.833. The Bertz CT molecular complexity index is 803. The third kappa shape index (κ3) is 2.57. The van der Waals surface area contributed by atoms with Crippen molar-refractivity contribution in [1.82, 2.24) is 4.90 Å². The van der Waals surface area contributed by atoms with E-state index in [4.69, 9.17) is 0 Å². The van der Waals surface area contributed by atoms with Crippen LogP contribution in [0.1, 0.15) is 18.9 Å². The lowest BCUT2D eigenvalue weighted by atomic mass is 9.95. The molecule has 1 saturated carbocycles. The average molecular weight is 345 g/mol. The Balaban J connectivity index is 1.25. The topological polar surface area (TPSA) is 9.72 Å². The third-order valence-electron chi connectivity index (χ3n) is 6.39. The van der Waals surface area contributed by atoms with Gasteiger partial charge in [0.05, 0.1) is 0 Å². The lowest BCUT2D eigenvalue weighted by molar-refractivity contribution is 0.381. The highest BCUT2D eigenvalue weighted by Crippen LogP contribution is 2.57. The number of piperazine rings is 1. The molecule has 134 valence electrons. The Morgan fingerprint density at radius 3 is 2.00 bits per heavy atom. The summed E-state index contributed by atoms with van der Waals surface area (Å²) in [6.45, 7) is 8.90. The van der Waals surface area contributed by atoms with Gasteiger partial charge < -0.3 is 14.7 Å². The minimum Gasteiger partial charge on any atom is -0.376 e. The van der Waals surface area contributed by atoms with Gasteiger partial charge >= 0.3 is 0 Å². The van der Waals surface area contributed by atoms with Crippen LogP contribution in [0.4, 0.5) is 11.4 Å². The van der Waals surface area contributed by atoms with Crippen LogP contribution in [-0.2, 0) is 5.41 Å². The zero-order chi connectivity index (χ0) is 17.6. The molecule has 1 unspecified atom stereocenters. The summed E-state index contributed by atoms with van der Waals surface area (Å²) < 4.78 is 0. The fraction of sp³-hybridized carbons (Fsp3) is 0.391. The predicted octanol–water partition coefficient (Wildman–Crippen LogP) is 3.87. The molecule has 0 amide bonds. The van der Waals surface area contributed by atoms with Gasteiger partial charge in [-0.25, -0.2) is 0 Å². The minimum absolute atomic E-state index is 0.348. The number of hydrogen-bond acceptors (Lipinski definition) is 3. The molecule has 2 heterocycles. The van der Waals surface area contributed by atoms with Gasteiger partial charge in [-0.3, -0.25) is 0 Å². The summed E-state index contributed by atoms with van der Waals surface area (Å²) in [6.07, 6.45) is 3.65. The van der Waals surface area contributed by atoms with E-state index < -0.39 is 0 Å². The molecule has 2 aromatic carbocycles. The largest absolute Gasteiger partial charge is 0.376 e. The van der Waals surface area contributed by atoms with Crippen molar-refractivity contribution in [3.05, 3.63) is 71.9 Å². The molecule has 3 nitrogen and oxygen atoms in total. The number of fused-ring (bicyclic) bond motifs is 1. The van der Waals surface area contributed by atoms with Crippen LogP contribution < -0.4 is 9.80 Å². The Kier molecular flexibility index (Phi) is 3.70. The molecule has 0 N–H and O–H groups in total. The van der Waals surface area contributed by atoms with Crippen molar-refractivity contribution in [1.29, 1.82) is 0 Å². The highest BCUT2D eigenvalue weighted by atomic mass is 15.3. The van der Waals surface area contributed by atoms with Crippen molar-refractivity contribution in [2.24, 2.45) is 0 Å². The van der Waals surface area contributed by atoms with Gasteiger partial charge in [-0.2, -0.15) is 0 Å². The van der Waals surface area contributed by atoms with Crippen molar-refractivity contribution in [3.63, 3.8) is 0 Å². The second kappa shape index (κ2) is 6.08. The maximum absolute atomic E-state index is 2.53. The van der Waals surface area contributed by atoms with Crippen LogP contribution in [0.5, 0.6) is 0 Å². The molecule has 1 atom stereocenters. The lowest BCUT2D eigenvalue weighted by Crippen LogP contribution is -2.46. The Labute approximate surface area is 156 Å². The molecular weight excluding hydrogens is 318 g/mol. The fourth-order valence-electron chi connectivity index (χ4n) is 4.66. The Morgan fingerprint density at radius 2 is 1.42 bits per heavy atom. The Morgan fingerprint density at radius 1 is 0.808 bits per heavy atom. The summed E-state index contributed by atoms with van der Waals surface area (Å²) in [6, 6.07) is 20.2. The van der Waals surface area contributed by atoms with E-state index in [-0.39, 0.29) is 0 Å². The summed E-state index contributed by atoms with van der Waals surface area (Å²) in [5.74, 6) is 0. The standard InChI is InChI=1S/C23H27N3/c1-2-24-17-20-16-23(20,18-24)19-8-10-22(11-9-19)26-14-12-25(13-15-26)21-6-4-3-5-7-21/h3-11,17H,2,12-16,18H2,1H3. The van der Waals surface area contributed by atoms with Crippen molar-refractivity contribution in [2.45, 2.75) is 18.8 Å². The molecule has 1 aliphatic carbocycles. The molecule has 2 aliphatic heterocycles. The van der Waals surface area contributed by atoms with E-state index in [0.717, 1.165) is 32.7 Å². The second-order valence-electron chi connectivity index (χ2n) is 7.83. The smallest absolute Gasteiger partial charge is 0.0392 e. The maximum Gasteiger partial charge on any atom is 0.0392 e. The molecule has 0 bridgehead atoms. The predicted molar refractivity (Wildman–Crippen MR) is 109 cm³/mol. The van der Waals surface area contributed by atoms with Gasteiger partial charge in [-0.1, -0.05) is 30.3 Å². The zero-order valence-electron chi connectivity index (χ0n) is 15.6. The second-order valence-corrected chi connectivity index (χ2v) is 7.83. The van der Waals surface area contributed by atoms with Crippen molar-refractivity contribution in [3.8, 4) is 0 Å². The Hall–Kier alpha value is -2.42. The zero-order valence-corrected chi connectivity index (χ0v) is 15.6. The molecule has 0 spiro atoms. The van der Waals surface area contributed by atoms with Gasteiger partial charge in [0.15, 0.2) is 0 Å².